The molecule has 1 aromatic rings. The van der Waals surface area contributed by atoms with Crippen molar-refractivity contribution in [1.29, 1.82) is 0 Å². The van der Waals surface area contributed by atoms with Crippen LogP contribution in [0.3, 0.4) is 0 Å². The van der Waals surface area contributed by atoms with E-state index in [1.807, 2.05) is 24.3 Å². The molecule has 0 aliphatic heterocycles. The van der Waals surface area contributed by atoms with Gasteiger partial charge in [0.25, 0.3) is 0 Å². The van der Waals surface area contributed by atoms with Gasteiger partial charge in [-0.3, -0.25) is 4.99 Å². The van der Waals surface area contributed by atoms with Crippen LogP contribution in [0, 0.1) is 0 Å². The van der Waals surface area contributed by atoms with Crippen molar-refractivity contribution < 1.29 is 4.74 Å². The molecular formula is C12H19ClIN3O. The van der Waals surface area contributed by atoms with Gasteiger partial charge < -0.3 is 15.8 Å². The Labute approximate surface area is 130 Å². The van der Waals surface area contributed by atoms with Crippen molar-refractivity contribution >= 4 is 41.5 Å². The zero-order valence-electron chi connectivity index (χ0n) is 10.4. The molecule has 18 heavy (non-hydrogen) atoms. The smallest absolute Gasteiger partial charge is 0.188 e. The van der Waals surface area contributed by atoms with Gasteiger partial charge in [-0.05, 0) is 18.1 Å². The Balaban J connectivity index is 0.00000289. The number of halogens is 2. The molecule has 0 bridgehead atoms. The molecule has 1 rings (SSSR count). The van der Waals surface area contributed by atoms with Gasteiger partial charge in [0.1, 0.15) is 0 Å². The zero-order valence-corrected chi connectivity index (χ0v) is 13.4. The highest BCUT2D eigenvalue weighted by Crippen LogP contribution is 2.14. The summed E-state index contributed by atoms with van der Waals surface area (Å²) in [5.41, 5.74) is 6.77. The number of nitrogens with zero attached hydrogens (tertiary/aromatic N) is 1. The lowest BCUT2D eigenvalue weighted by atomic mass is 10.1. The molecule has 6 heteroatoms. The Kier molecular flexibility index (Phi) is 10.1. The quantitative estimate of drug-likeness (QED) is 0.342. The number of ether oxygens (including phenoxy) is 1. The minimum absolute atomic E-state index is 0. The average molecular weight is 384 g/mol. The predicted octanol–water partition coefficient (Wildman–Crippen LogP) is 2.05. The van der Waals surface area contributed by atoms with Crippen LogP contribution in [-0.2, 0) is 11.2 Å². The molecule has 102 valence electrons. The summed E-state index contributed by atoms with van der Waals surface area (Å²) in [4.78, 5) is 4.09. The van der Waals surface area contributed by atoms with E-state index in [4.69, 9.17) is 22.1 Å². The Morgan fingerprint density at radius 3 is 2.83 bits per heavy atom. The maximum absolute atomic E-state index is 6.04. The van der Waals surface area contributed by atoms with Crippen molar-refractivity contribution in [3.05, 3.63) is 34.9 Å². The van der Waals surface area contributed by atoms with Crippen molar-refractivity contribution in [2.24, 2.45) is 10.7 Å². The summed E-state index contributed by atoms with van der Waals surface area (Å²) in [6, 6.07) is 7.77. The Bertz CT molecular complexity index is 374. The predicted molar refractivity (Wildman–Crippen MR) is 86.9 cm³/mol. The molecule has 0 aliphatic rings. The third-order valence-corrected chi connectivity index (χ3v) is 2.60. The number of methoxy groups -OCH3 is 1. The second-order valence-corrected chi connectivity index (χ2v) is 3.94. The van der Waals surface area contributed by atoms with E-state index in [0.29, 0.717) is 25.7 Å². The molecule has 0 fully saturated rings. The van der Waals surface area contributed by atoms with Crippen LogP contribution in [0.15, 0.2) is 29.3 Å². The normalized spacial score (nSPS) is 10.9. The number of nitrogens with one attached hydrogen (secondary N) is 1. The van der Waals surface area contributed by atoms with Gasteiger partial charge >= 0.3 is 0 Å². The lowest BCUT2D eigenvalue weighted by Gasteiger charge is -2.06. The van der Waals surface area contributed by atoms with Crippen LogP contribution in [0.1, 0.15) is 5.56 Å². The summed E-state index contributed by atoms with van der Waals surface area (Å²) >= 11 is 6.04. The molecule has 0 radical (unpaired) electrons. The molecule has 0 saturated carbocycles. The third-order valence-electron chi connectivity index (χ3n) is 2.24. The molecule has 0 heterocycles. The summed E-state index contributed by atoms with van der Waals surface area (Å²) in [5, 5.41) is 3.81. The summed E-state index contributed by atoms with van der Waals surface area (Å²) < 4.78 is 4.87. The lowest BCUT2D eigenvalue weighted by molar-refractivity contribution is 0.208. The summed E-state index contributed by atoms with van der Waals surface area (Å²) in [6.45, 7) is 1.86. The van der Waals surface area contributed by atoms with E-state index < -0.39 is 0 Å². The number of benzene rings is 1. The highest BCUT2D eigenvalue weighted by atomic mass is 127. The molecule has 0 aliphatic carbocycles. The van der Waals surface area contributed by atoms with Crippen LogP contribution in [0.25, 0.3) is 0 Å². The van der Waals surface area contributed by atoms with E-state index >= 15 is 0 Å². The molecule has 0 saturated heterocycles. The fraction of sp³-hybridized carbons (Fsp3) is 0.417. The summed E-state index contributed by atoms with van der Waals surface area (Å²) in [5.74, 6) is 0.439. The van der Waals surface area contributed by atoms with E-state index in [9.17, 15) is 0 Å². The first kappa shape index (κ1) is 17.5. The van der Waals surface area contributed by atoms with Crippen LogP contribution in [0.2, 0.25) is 5.02 Å². The number of nitrogens with two attached hydrogens (primary N) is 1. The van der Waals surface area contributed by atoms with E-state index in [2.05, 4.69) is 10.3 Å². The topological polar surface area (TPSA) is 59.6 Å². The summed E-state index contributed by atoms with van der Waals surface area (Å²) in [7, 11) is 1.64. The standard InChI is InChI=1S/C12H18ClN3O.HI/c1-17-9-8-16-12(14)15-7-6-10-4-2-3-5-11(10)13;/h2-5H,6-9H2,1H3,(H3,14,15,16);1H. The van der Waals surface area contributed by atoms with Crippen LogP contribution in [0.4, 0.5) is 0 Å². The van der Waals surface area contributed by atoms with Gasteiger partial charge in [-0.15, -0.1) is 24.0 Å². The Morgan fingerprint density at radius 1 is 1.44 bits per heavy atom. The van der Waals surface area contributed by atoms with E-state index in [1.165, 1.54) is 0 Å². The van der Waals surface area contributed by atoms with Crippen molar-refractivity contribution in [3.63, 3.8) is 0 Å². The molecule has 0 atom stereocenters. The van der Waals surface area contributed by atoms with Gasteiger partial charge in [-0.25, -0.2) is 0 Å². The number of guanidine groups is 1. The Hall–Kier alpha value is -0.530. The molecular weight excluding hydrogens is 365 g/mol. The van der Waals surface area contributed by atoms with Gasteiger partial charge in [0, 0.05) is 18.7 Å². The lowest BCUT2D eigenvalue weighted by Crippen LogP contribution is -2.33. The molecule has 0 amide bonds. The van der Waals surface area contributed by atoms with E-state index in [1.54, 1.807) is 7.11 Å². The Morgan fingerprint density at radius 2 is 2.17 bits per heavy atom. The minimum atomic E-state index is 0. The van der Waals surface area contributed by atoms with Crippen LogP contribution >= 0.6 is 35.6 Å². The fourth-order valence-corrected chi connectivity index (χ4v) is 1.57. The van der Waals surface area contributed by atoms with Gasteiger partial charge in [0.05, 0.1) is 13.2 Å². The molecule has 0 unspecified atom stereocenters. The second kappa shape index (κ2) is 10.4. The molecule has 0 spiro atoms. The highest BCUT2D eigenvalue weighted by molar-refractivity contribution is 14.0. The third kappa shape index (κ3) is 7.03. The van der Waals surface area contributed by atoms with Crippen LogP contribution in [-0.4, -0.2) is 32.8 Å². The number of hydrogen-bond donors (Lipinski definition) is 2. The first-order valence-corrected chi connectivity index (χ1v) is 5.88. The van der Waals surface area contributed by atoms with Crippen molar-refractivity contribution in [3.8, 4) is 0 Å². The number of aliphatic imine (C=N–C) groups is 1. The summed E-state index contributed by atoms with van der Waals surface area (Å²) in [6.07, 6.45) is 0.820. The number of hydrogen-bond acceptors (Lipinski definition) is 2. The van der Waals surface area contributed by atoms with Gasteiger partial charge in [0.2, 0.25) is 0 Å². The van der Waals surface area contributed by atoms with Gasteiger partial charge in [-0.1, -0.05) is 29.8 Å². The van der Waals surface area contributed by atoms with Gasteiger partial charge in [0.15, 0.2) is 5.96 Å². The van der Waals surface area contributed by atoms with Crippen molar-refractivity contribution in [2.45, 2.75) is 6.42 Å². The molecule has 1 aromatic carbocycles. The van der Waals surface area contributed by atoms with Crippen LogP contribution < -0.4 is 11.1 Å². The van der Waals surface area contributed by atoms with E-state index in [0.717, 1.165) is 17.0 Å². The molecule has 4 nitrogen and oxygen atoms in total. The highest BCUT2D eigenvalue weighted by Gasteiger charge is 1.98. The van der Waals surface area contributed by atoms with E-state index in [-0.39, 0.29) is 24.0 Å². The number of rotatable bonds is 6. The SMILES string of the molecule is COCCN=C(N)NCCc1ccccc1Cl.I. The largest absolute Gasteiger partial charge is 0.383 e. The minimum Gasteiger partial charge on any atom is -0.383 e. The first-order valence-electron chi connectivity index (χ1n) is 5.50. The van der Waals surface area contributed by atoms with Crippen molar-refractivity contribution in [2.75, 3.05) is 26.8 Å². The first-order chi connectivity index (χ1) is 8.24. The van der Waals surface area contributed by atoms with Crippen LogP contribution in [0.5, 0.6) is 0 Å². The molecule has 3 N–H and O–H groups in total. The second-order valence-electron chi connectivity index (χ2n) is 3.53. The maximum Gasteiger partial charge on any atom is 0.188 e. The fourth-order valence-electron chi connectivity index (χ4n) is 1.34. The van der Waals surface area contributed by atoms with Gasteiger partial charge in [-0.2, -0.15) is 0 Å². The zero-order chi connectivity index (χ0) is 12.5. The monoisotopic (exact) mass is 383 g/mol. The molecule has 0 aromatic heterocycles. The van der Waals surface area contributed by atoms with Crippen molar-refractivity contribution in [1.82, 2.24) is 5.32 Å². The average Bonchev–Trinajstić information content (AvgIpc) is 2.32. The maximum atomic E-state index is 6.04.